The third-order valence-corrected chi connectivity index (χ3v) is 3.53. The molecule has 110 valence electrons. The van der Waals surface area contributed by atoms with Crippen molar-refractivity contribution in [2.75, 3.05) is 30.5 Å². The van der Waals surface area contributed by atoms with E-state index in [1.165, 1.54) is 0 Å². The monoisotopic (exact) mass is 282 g/mol. The fourth-order valence-corrected chi connectivity index (χ4v) is 2.35. The van der Waals surface area contributed by atoms with Crippen LogP contribution in [0.1, 0.15) is 19.8 Å². The molecule has 0 saturated carbocycles. The first-order chi connectivity index (χ1) is 9.49. The van der Waals surface area contributed by atoms with E-state index in [9.17, 15) is 10.1 Å². The minimum atomic E-state index is -0.492. The minimum Gasteiger partial charge on any atom is -0.377 e. The van der Waals surface area contributed by atoms with Gasteiger partial charge in [-0.1, -0.05) is 0 Å². The molecule has 0 bridgehead atoms. The highest BCUT2D eigenvalue weighted by molar-refractivity contribution is 5.59. The lowest BCUT2D eigenvalue weighted by molar-refractivity contribution is -0.384. The van der Waals surface area contributed by atoms with Gasteiger partial charge in [0, 0.05) is 20.2 Å². The Kier molecular flexibility index (Phi) is 4.00. The Bertz CT molecular complexity index is 511. The molecule has 0 amide bonds. The summed E-state index contributed by atoms with van der Waals surface area (Å²) in [6.45, 7) is 3.19. The molecule has 1 aliphatic heterocycles. The van der Waals surface area contributed by atoms with Gasteiger partial charge in [-0.05, 0) is 19.8 Å². The number of ether oxygens (including phenoxy) is 1. The number of methoxy groups -OCH3 is 1. The van der Waals surface area contributed by atoms with Gasteiger partial charge in [0.2, 0.25) is 11.8 Å². The zero-order chi connectivity index (χ0) is 14.8. The normalized spacial score (nSPS) is 22.6. The predicted molar refractivity (Wildman–Crippen MR) is 73.4 cm³/mol. The zero-order valence-electron chi connectivity index (χ0n) is 11.5. The summed E-state index contributed by atoms with van der Waals surface area (Å²) >= 11 is 0. The third-order valence-electron chi connectivity index (χ3n) is 3.53. The molecule has 0 radical (unpaired) electrons. The van der Waals surface area contributed by atoms with Crippen LogP contribution in [-0.4, -0.2) is 40.7 Å². The van der Waals surface area contributed by atoms with Crippen molar-refractivity contribution < 1.29 is 9.66 Å². The number of rotatable bonds is 4. The Morgan fingerprint density at radius 3 is 3.00 bits per heavy atom. The van der Waals surface area contributed by atoms with E-state index in [-0.39, 0.29) is 23.1 Å². The summed E-state index contributed by atoms with van der Waals surface area (Å²) in [5.41, 5.74) is 1.83. The Hall–Kier alpha value is -2.00. The molecule has 0 spiro atoms. The van der Waals surface area contributed by atoms with Gasteiger partial charge >= 0.3 is 5.69 Å². The molecule has 9 heteroatoms. The fourth-order valence-electron chi connectivity index (χ4n) is 2.35. The smallest absolute Gasteiger partial charge is 0.329 e. The fraction of sp³-hybridized carbons (Fsp3) is 0.636. The maximum absolute atomic E-state index is 11.1. The number of hydrogen-bond donors (Lipinski definition) is 2. The van der Waals surface area contributed by atoms with E-state index in [0.29, 0.717) is 13.1 Å². The van der Waals surface area contributed by atoms with E-state index in [0.717, 1.165) is 19.0 Å². The van der Waals surface area contributed by atoms with Crippen molar-refractivity contribution in [1.82, 2.24) is 9.97 Å². The number of nitrogens with zero attached hydrogens (tertiary/aromatic N) is 4. The van der Waals surface area contributed by atoms with Crippen molar-refractivity contribution in [3.05, 3.63) is 16.3 Å². The van der Waals surface area contributed by atoms with Gasteiger partial charge in [-0.3, -0.25) is 15.5 Å². The van der Waals surface area contributed by atoms with Gasteiger partial charge in [-0.2, -0.15) is 4.98 Å². The van der Waals surface area contributed by atoms with E-state index in [1.54, 1.807) is 7.11 Å². The van der Waals surface area contributed by atoms with Crippen LogP contribution in [0.3, 0.4) is 0 Å². The van der Waals surface area contributed by atoms with Crippen LogP contribution in [0.2, 0.25) is 0 Å². The maximum atomic E-state index is 11.1. The summed E-state index contributed by atoms with van der Waals surface area (Å²) in [6.07, 6.45) is 2.94. The summed E-state index contributed by atoms with van der Waals surface area (Å²) in [5, 5.41) is 11.1. The van der Waals surface area contributed by atoms with Crippen molar-refractivity contribution >= 4 is 17.5 Å². The maximum Gasteiger partial charge on any atom is 0.329 e. The first-order valence-corrected chi connectivity index (χ1v) is 6.27. The Morgan fingerprint density at radius 1 is 1.65 bits per heavy atom. The van der Waals surface area contributed by atoms with Crippen LogP contribution < -0.4 is 16.2 Å². The Morgan fingerprint density at radius 2 is 2.40 bits per heavy atom. The number of hydrogen-bond acceptors (Lipinski definition) is 8. The lowest BCUT2D eigenvalue weighted by Gasteiger charge is -2.39. The number of anilines is 2. The van der Waals surface area contributed by atoms with Gasteiger partial charge in [0.15, 0.2) is 0 Å². The molecule has 1 fully saturated rings. The molecule has 1 aliphatic rings. The highest BCUT2D eigenvalue weighted by Crippen LogP contribution is 2.32. The summed E-state index contributed by atoms with van der Waals surface area (Å²) in [7, 11) is 1.64. The minimum absolute atomic E-state index is 0.135. The van der Waals surface area contributed by atoms with Gasteiger partial charge in [0.25, 0.3) is 0 Å². The van der Waals surface area contributed by atoms with Crippen LogP contribution in [0, 0.1) is 10.1 Å². The number of hydrazine groups is 1. The van der Waals surface area contributed by atoms with Gasteiger partial charge in [0.1, 0.15) is 6.20 Å². The third kappa shape index (κ3) is 2.78. The first kappa shape index (κ1) is 14.4. The topological polar surface area (TPSA) is 119 Å². The van der Waals surface area contributed by atoms with E-state index in [4.69, 9.17) is 10.6 Å². The number of nitrogens with one attached hydrogen (secondary N) is 1. The Labute approximate surface area is 116 Å². The average Bonchev–Trinajstić information content (AvgIpc) is 2.46. The standard InChI is InChI=1S/C11H18N6O3/c1-11(20-2)4-3-5-16(7-11)9-8(17(18)19)6-13-10(14-9)15-12/h6H,3-5,7,12H2,1-2H3,(H,13,14,15). The molecule has 9 nitrogen and oxygen atoms in total. The molecule has 0 aliphatic carbocycles. The summed E-state index contributed by atoms with van der Waals surface area (Å²) < 4.78 is 5.49. The Balaban J connectivity index is 2.37. The molecule has 0 aromatic carbocycles. The van der Waals surface area contributed by atoms with Gasteiger partial charge in [0.05, 0.1) is 10.5 Å². The van der Waals surface area contributed by atoms with Crippen LogP contribution in [0.5, 0.6) is 0 Å². The highest BCUT2D eigenvalue weighted by atomic mass is 16.6. The van der Waals surface area contributed by atoms with Crippen molar-refractivity contribution in [3.63, 3.8) is 0 Å². The quantitative estimate of drug-likeness (QED) is 0.470. The number of nitro groups is 1. The molecule has 1 aromatic heterocycles. The second-order valence-electron chi connectivity index (χ2n) is 4.98. The molecule has 1 aromatic rings. The van der Waals surface area contributed by atoms with Crippen LogP contribution in [-0.2, 0) is 4.74 Å². The summed E-state index contributed by atoms with van der Waals surface area (Å²) in [6, 6.07) is 0. The lowest BCUT2D eigenvalue weighted by atomic mass is 9.95. The largest absolute Gasteiger partial charge is 0.377 e. The molecule has 1 atom stereocenters. The van der Waals surface area contributed by atoms with Crippen LogP contribution >= 0.6 is 0 Å². The first-order valence-electron chi connectivity index (χ1n) is 6.27. The predicted octanol–water partition coefficient (Wildman–Crippen LogP) is 0.676. The molecule has 2 heterocycles. The second kappa shape index (κ2) is 5.55. The van der Waals surface area contributed by atoms with Crippen molar-refractivity contribution in [3.8, 4) is 0 Å². The molecule has 1 unspecified atom stereocenters. The number of aromatic nitrogens is 2. The average molecular weight is 282 g/mol. The molecule has 1 saturated heterocycles. The lowest BCUT2D eigenvalue weighted by Crippen LogP contribution is -2.48. The molecule has 3 N–H and O–H groups in total. The second-order valence-corrected chi connectivity index (χ2v) is 4.98. The number of nitrogen functional groups attached to an aromatic ring is 1. The molecular weight excluding hydrogens is 264 g/mol. The van der Waals surface area contributed by atoms with Gasteiger partial charge in [-0.15, -0.1) is 0 Å². The van der Waals surface area contributed by atoms with Crippen molar-refractivity contribution in [1.29, 1.82) is 0 Å². The molecular formula is C11H18N6O3. The van der Waals surface area contributed by atoms with E-state index in [2.05, 4.69) is 15.4 Å². The molecule has 2 rings (SSSR count). The highest BCUT2D eigenvalue weighted by Gasteiger charge is 2.34. The van der Waals surface area contributed by atoms with Crippen molar-refractivity contribution in [2.45, 2.75) is 25.4 Å². The van der Waals surface area contributed by atoms with Gasteiger partial charge in [-0.25, -0.2) is 10.8 Å². The SMILES string of the molecule is COC1(C)CCCN(c2nc(NN)ncc2[N+](=O)[O-])C1. The van der Waals surface area contributed by atoms with E-state index < -0.39 is 4.92 Å². The van der Waals surface area contributed by atoms with E-state index >= 15 is 0 Å². The zero-order valence-corrected chi connectivity index (χ0v) is 11.5. The van der Waals surface area contributed by atoms with E-state index in [1.807, 2.05) is 11.8 Å². The number of piperidine rings is 1. The van der Waals surface area contributed by atoms with Crippen LogP contribution in [0.25, 0.3) is 0 Å². The van der Waals surface area contributed by atoms with Gasteiger partial charge < -0.3 is 9.64 Å². The van der Waals surface area contributed by atoms with Crippen LogP contribution in [0.15, 0.2) is 6.20 Å². The summed E-state index contributed by atoms with van der Waals surface area (Å²) in [4.78, 5) is 20.4. The summed E-state index contributed by atoms with van der Waals surface area (Å²) in [5.74, 6) is 5.68. The van der Waals surface area contributed by atoms with Crippen LogP contribution in [0.4, 0.5) is 17.5 Å². The number of nitrogens with two attached hydrogens (primary N) is 1. The molecule has 20 heavy (non-hydrogen) atoms. The van der Waals surface area contributed by atoms with Crippen molar-refractivity contribution in [2.24, 2.45) is 5.84 Å².